The van der Waals surface area contributed by atoms with Gasteiger partial charge in [-0.05, 0) is 29.5 Å². The normalized spacial score (nSPS) is 18.4. The van der Waals surface area contributed by atoms with E-state index < -0.39 is 33.6 Å². The van der Waals surface area contributed by atoms with Crippen LogP contribution in [-0.4, -0.2) is 30.2 Å². The third kappa shape index (κ3) is 4.76. The second-order valence-corrected chi connectivity index (χ2v) is 10.6. The molecule has 3 heterocycles. The molecule has 2 atom stereocenters. The highest BCUT2D eigenvalue weighted by Gasteiger charge is 2.23. The van der Waals surface area contributed by atoms with Gasteiger partial charge in [0, 0.05) is 23.9 Å². The highest BCUT2D eigenvalue weighted by atomic mass is 32.2. The van der Waals surface area contributed by atoms with Crippen LogP contribution >= 0.6 is 0 Å². The third-order valence-electron chi connectivity index (χ3n) is 5.96. The van der Waals surface area contributed by atoms with Gasteiger partial charge in [0.25, 0.3) is 12.0 Å². The van der Waals surface area contributed by atoms with Crippen molar-refractivity contribution in [1.29, 1.82) is 5.26 Å². The molecule has 0 radical (unpaired) electrons. The van der Waals surface area contributed by atoms with Crippen molar-refractivity contribution in [2.75, 3.05) is 16.8 Å². The fraction of sp³-hybridized carbons (Fsp3) is 0.304. The number of rotatable bonds is 6. The predicted octanol–water partition coefficient (Wildman–Crippen LogP) is 4.25. The summed E-state index contributed by atoms with van der Waals surface area (Å²) in [6.45, 7) is 1.61. The van der Waals surface area contributed by atoms with Gasteiger partial charge in [0.15, 0.2) is 0 Å². The van der Waals surface area contributed by atoms with E-state index >= 15 is 0 Å². The maximum absolute atomic E-state index is 14.7. The molecule has 188 valence electrons. The third-order valence-corrected chi connectivity index (χ3v) is 7.83. The molecule has 1 aliphatic heterocycles. The zero-order valence-corrected chi connectivity index (χ0v) is 20.1. The van der Waals surface area contributed by atoms with Crippen LogP contribution in [0.2, 0.25) is 0 Å². The van der Waals surface area contributed by atoms with Crippen molar-refractivity contribution in [3.63, 3.8) is 0 Å². The van der Waals surface area contributed by atoms with Crippen LogP contribution in [0.1, 0.15) is 42.5 Å². The zero-order valence-electron chi connectivity index (χ0n) is 19.2. The summed E-state index contributed by atoms with van der Waals surface area (Å²) < 4.78 is 58.5. The van der Waals surface area contributed by atoms with E-state index in [1.54, 1.807) is 26.1 Å². The highest BCUT2D eigenvalue weighted by Crippen LogP contribution is 2.31. The van der Waals surface area contributed by atoms with Crippen LogP contribution in [0.25, 0.3) is 16.6 Å². The van der Waals surface area contributed by atoms with Gasteiger partial charge in [0.1, 0.15) is 23.6 Å². The molecule has 36 heavy (non-hydrogen) atoms. The molecule has 4 rings (SSSR count). The van der Waals surface area contributed by atoms with Crippen molar-refractivity contribution >= 4 is 32.2 Å². The molecule has 0 saturated heterocycles. The van der Waals surface area contributed by atoms with Crippen LogP contribution in [0.4, 0.5) is 19.0 Å². The van der Waals surface area contributed by atoms with Crippen LogP contribution in [0.5, 0.6) is 0 Å². The number of nitriles is 1. The van der Waals surface area contributed by atoms with Crippen molar-refractivity contribution in [3.05, 3.63) is 69.5 Å². The quantitative estimate of drug-likeness (QED) is 0.382. The monoisotopic (exact) mass is 518 g/mol. The first-order valence-electron chi connectivity index (χ1n) is 10.8. The molecule has 1 unspecified atom stereocenters. The van der Waals surface area contributed by atoms with Crippen molar-refractivity contribution in [1.82, 2.24) is 14.5 Å². The molecule has 2 aromatic heterocycles. The number of fused-ring (bicyclic) bond motifs is 1. The SMILES string of the molecule is C[C@@H](Nc1ncnc2c1cc(C1=CCS(=O)(=NOC#N)CC1)c(=O)n2C)c1cccc(C(F)F)c1F. The number of aryl methyl sites for hydroxylation is 1. The number of nitrogens with one attached hydrogen (secondary N) is 1. The van der Waals surface area contributed by atoms with Crippen LogP contribution < -0.4 is 10.9 Å². The van der Waals surface area contributed by atoms with Gasteiger partial charge in [-0.3, -0.25) is 14.2 Å². The summed E-state index contributed by atoms with van der Waals surface area (Å²) in [5.41, 5.74) is 0.309. The number of nitrogens with zero attached hydrogens (tertiary/aromatic N) is 5. The maximum atomic E-state index is 14.7. The number of aromatic nitrogens is 3. The van der Waals surface area contributed by atoms with Crippen molar-refractivity contribution in [2.45, 2.75) is 25.8 Å². The summed E-state index contributed by atoms with van der Waals surface area (Å²) in [7, 11) is -1.21. The molecule has 0 saturated carbocycles. The number of anilines is 1. The summed E-state index contributed by atoms with van der Waals surface area (Å²) >= 11 is 0. The molecule has 1 N–H and O–H groups in total. The second-order valence-electron chi connectivity index (χ2n) is 8.18. The van der Waals surface area contributed by atoms with Gasteiger partial charge in [-0.1, -0.05) is 24.3 Å². The van der Waals surface area contributed by atoms with E-state index in [4.69, 9.17) is 5.26 Å². The van der Waals surface area contributed by atoms with Gasteiger partial charge < -0.3 is 5.32 Å². The minimum atomic E-state index is -2.95. The molecule has 13 heteroatoms. The van der Waals surface area contributed by atoms with E-state index in [1.807, 2.05) is 0 Å². The summed E-state index contributed by atoms with van der Waals surface area (Å²) in [6.07, 6.45) is 1.54. The average Bonchev–Trinajstić information content (AvgIpc) is 2.86. The van der Waals surface area contributed by atoms with E-state index in [9.17, 15) is 22.2 Å². The van der Waals surface area contributed by atoms with Crippen LogP contribution in [0.15, 0.2) is 46.0 Å². The van der Waals surface area contributed by atoms with Gasteiger partial charge in [0.05, 0.1) is 32.5 Å². The van der Waals surface area contributed by atoms with Crippen molar-refractivity contribution in [3.8, 4) is 6.26 Å². The van der Waals surface area contributed by atoms with E-state index in [0.29, 0.717) is 22.2 Å². The fourth-order valence-corrected chi connectivity index (χ4v) is 5.52. The first kappa shape index (κ1) is 25.2. The molecule has 0 bridgehead atoms. The topological polar surface area (TPSA) is 122 Å². The lowest BCUT2D eigenvalue weighted by Gasteiger charge is -2.20. The highest BCUT2D eigenvalue weighted by molar-refractivity contribution is 7.93. The number of alkyl halides is 2. The summed E-state index contributed by atoms with van der Waals surface area (Å²) in [4.78, 5) is 25.8. The Kier molecular flexibility index (Phi) is 6.98. The van der Waals surface area contributed by atoms with Crippen molar-refractivity contribution in [2.24, 2.45) is 11.6 Å². The Morgan fingerprint density at radius 1 is 1.31 bits per heavy atom. The Hall–Kier alpha value is -3.92. The lowest BCUT2D eigenvalue weighted by molar-refractivity contribution is 0.146. The number of allylic oxidation sites excluding steroid dienone is 1. The Labute approximate surface area is 204 Å². The average molecular weight is 519 g/mol. The smallest absolute Gasteiger partial charge is 0.317 e. The maximum Gasteiger partial charge on any atom is 0.317 e. The molecule has 1 aliphatic rings. The lowest BCUT2D eigenvalue weighted by atomic mass is 10.0. The molecule has 1 aromatic carbocycles. The number of hydrogen-bond donors (Lipinski definition) is 1. The number of halogens is 3. The minimum Gasteiger partial charge on any atom is -0.363 e. The Balaban J connectivity index is 1.75. The molecule has 0 spiro atoms. The molecular formula is C23H21F3N6O3S. The molecule has 0 amide bonds. The first-order chi connectivity index (χ1) is 17.1. The summed E-state index contributed by atoms with van der Waals surface area (Å²) in [6, 6.07) is 4.67. The van der Waals surface area contributed by atoms with Gasteiger partial charge in [0.2, 0.25) is 0 Å². The standard InChI is InChI=1S/C23H21F3N6O3S/c1-13(15-4-3-5-16(19(15)24)20(25)26)30-21-18-10-17(23(33)32(2)22(18)29-12-28-21)14-6-8-36(34,9-7-14)31-35-11-27/h3-6,10,12-13,20H,7-9H2,1-2H3,(H,28,29,30)/t13-,36?/m1/s1. The number of benzene rings is 1. The molecular weight excluding hydrogens is 497 g/mol. The number of hydrogen-bond acceptors (Lipinski definition) is 8. The lowest BCUT2D eigenvalue weighted by Crippen LogP contribution is -2.24. The Morgan fingerprint density at radius 2 is 2.06 bits per heavy atom. The predicted molar refractivity (Wildman–Crippen MR) is 128 cm³/mol. The minimum absolute atomic E-state index is 0.0123. The largest absolute Gasteiger partial charge is 0.363 e. The number of pyridine rings is 1. The zero-order chi connectivity index (χ0) is 26.0. The van der Waals surface area contributed by atoms with Crippen LogP contribution in [0, 0.1) is 17.3 Å². The summed E-state index contributed by atoms with van der Waals surface area (Å²) in [5.74, 6) is -0.600. The summed E-state index contributed by atoms with van der Waals surface area (Å²) in [5, 5.41) is 12.0. The van der Waals surface area contributed by atoms with Gasteiger partial charge in [-0.15, -0.1) is 5.26 Å². The van der Waals surface area contributed by atoms with E-state index in [-0.39, 0.29) is 34.9 Å². The van der Waals surface area contributed by atoms with Gasteiger partial charge in [-0.25, -0.2) is 27.3 Å². The van der Waals surface area contributed by atoms with Gasteiger partial charge >= 0.3 is 6.26 Å². The van der Waals surface area contributed by atoms with Crippen LogP contribution in [0.3, 0.4) is 0 Å². The second kappa shape index (κ2) is 9.98. The van der Waals surface area contributed by atoms with E-state index in [0.717, 1.165) is 6.07 Å². The van der Waals surface area contributed by atoms with Gasteiger partial charge in [-0.2, -0.15) is 0 Å². The Morgan fingerprint density at radius 3 is 2.72 bits per heavy atom. The molecule has 3 aromatic rings. The van der Waals surface area contributed by atoms with E-state index in [2.05, 4.69) is 24.6 Å². The fourth-order valence-electron chi connectivity index (χ4n) is 4.05. The van der Waals surface area contributed by atoms with Crippen LogP contribution in [-0.2, 0) is 21.6 Å². The van der Waals surface area contributed by atoms with E-state index in [1.165, 1.54) is 29.3 Å². The molecule has 0 aliphatic carbocycles. The molecule has 9 nitrogen and oxygen atoms in total. The Bertz CT molecular complexity index is 1590. The molecule has 0 fully saturated rings. The first-order valence-corrected chi connectivity index (χ1v) is 12.6. The van der Waals surface area contributed by atoms with Crippen molar-refractivity contribution < 1.29 is 22.2 Å².